The van der Waals surface area contributed by atoms with Crippen molar-refractivity contribution in [3.63, 3.8) is 0 Å². The van der Waals surface area contributed by atoms with E-state index in [1.54, 1.807) is 12.3 Å². The van der Waals surface area contributed by atoms with Gasteiger partial charge < -0.3 is 4.90 Å². The lowest BCUT2D eigenvalue weighted by Gasteiger charge is -2.17. The topological polar surface area (TPSA) is 38.1 Å². The molecule has 1 aromatic rings. The first kappa shape index (κ1) is 12.5. The van der Waals surface area contributed by atoms with E-state index in [0.717, 1.165) is 24.5 Å². The molecule has 1 fully saturated rings. The van der Waals surface area contributed by atoms with E-state index in [2.05, 4.69) is 29.6 Å². The normalized spacial score (nSPS) is 17.4. The molecule has 1 saturated heterocycles. The molecule has 4 nitrogen and oxygen atoms in total. The van der Waals surface area contributed by atoms with Gasteiger partial charge in [-0.15, -0.1) is 0 Å². The van der Waals surface area contributed by atoms with E-state index in [4.69, 9.17) is 0 Å². The minimum Gasteiger partial charge on any atom is -0.370 e. The van der Waals surface area contributed by atoms with Gasteiger partial charge >= 0.3 is 0 Å². The molecule has 0 radical (unpaired) electrons. The van der Waals surface area contributed by atoms with Gasteiger partial charge in [0.05, 0.1) is 11.9 Å². The maximum atomic E-state index is 11.9. The first-order valence-corrected chi connectivity index (χ1v) is 6.77. The van der Waals surface area contributed by atoms with Gasteiger partial charge in [0, 0.05) is 25.7 Å². The summed E-state index contributed by atoms with van der Waals surface area (Å²) in [7, 11) is 0. The minimum atomic E-state index is -0.0111. The Balaban J connectivity index is 2.13. The third-order valence-electron chi connectivity index (χ3n) is 3.12. The molecule has 0 bridgehead atoms. The zero-order valence-corrected chi connectivity index (χ0v) is 11.1. The first-order chi connectivity index (χ1) is 8.20. The summed E-state index contributed by atoms with van der Waals surface area (Å²) in [6, 6.07) is 1.70. The van der Waals surface area contributed by atoms with Gasteiger partial charge in [-0.05, 0) is 24.5 Å². The lowest BCUT2D eigenvalue weighted by molar-refractivity contribution is 0.470. The van der Waals surface area contributed by atoms with Crippen LogP contribution < -0.4 is 10.5 Å². The maximum Gasteiger partial charge on any atom is 0.268 e. The number of hydrogen-bond acceptors (Lipinski definition) is 4. The SMILES string of the molecule is CC(CS)Cn1ncc(N2CCCC2)cc1=O. The Morgan fingerprint density at radius 2 is 2.18 bits per heavy atom. The van der Waals surface area contributed by atoms with E-state index in [1.807, 2.05) is 0 Å². The summed E-state index contributed by atoms with van der Waals surface area (Å²) in [6.45, 7) is 4.79. The second-order valence-electron chi connectivity index (χ2n) is 4.72. The van der Waals surface area contributed by atoms with Crippen molar-refractivity contribution in [3.8, 4) is 0 Å². The highest BCUT2D eigenvalue weighted by atomic mass is 32.1. The lowest BCUT2D eigenvalue weighted by Crippen LogP contribution is -2.28. The Morgan fingerprint density at radius 1 is 1.47 bits per heavy atom. The Kier molecular flexibility index (Phi) is 4.10. The highest BCUT2D eigenvalue weighted by Crippen LogP contribution is 2.16. The summed E-state index contributed by atoms with van der Waals surface area (Å²) in [5.41, 5.74) is 0.949. The molecule has 0 amide bonds. The third-order valence-corrected chi connectivity index (χ3v) is 3.75. The molecule has 1 unspecified atom stereocenters. The molecule has 0 N–H and O–H groups in total. The largest absolute Gasteiger partial charge is 0.370 e. The van der Waals surface area contributed by atoms with Crippen molar-refractivity contribution in [1.29, 1.82) is 0 Å². The molecule has 1 aliphatic rings. The summed E-state index contributed by atoms with van der Waals surface area (Å²) in [5.74, 6) is 1.13. The van der Waals surface area contributed by atoms with Gasteiger partial charge in [-0.3, -0.25) is 4.79 Å². The fraction of sp³-hybridized carbons (Fsp3) is 0.667. The van der Waals surface area contributed by atoms with Crippen molar-refractivity contribution < 1.29 is 0 Å². The van der Waals surface area contributed by atoms with Crippen molar-refractivity contribution in [2.45, 2.75) is 26.3 Å². The Bertz CT molecular complexity index is 426. The molecular formula is C12H19N3OS. The third kappa shape index (κ3) is 3.03. The van der Waals surface area contributed by atoms with Crippen molar-refractivity contribution in [3.05, 3.63) is 22.6 Å². The molecule has 5 heteroatoms. The molecule has 1 aromatic heterocycles. The first-order valence-electron chi connectivity index (χ1n) is 6.13. The Labute approximate surface area is 107 Å². The van der Waals surface area contributed by atoms with Gasteiger partial charge in [0.15, 0.2) is 0 Å². The van der Waals surface area contributed by atoms with Gasteiger partial charge in [-0.1, -0.05) is 6.92 Å². The van der Waals surface area contributed by atoms with Crippen LogP contribution in [0, 0.1) is 5.92 Å². The highest BCUT2D eigenvalue weighted by molar-refractivity contribution is 7.80. The van der Waals surface area contributed by atoms with Crippen molar-refractivity contribution >= 4 is 18.3 Å². The number of aromatic nitrogens is 2. The van der Waals surface area contributed by atoms with Crippen LogP contribution >= 0.6 is 12.6 Å². The van der Waals surface area contributed by atoms with Crippen LogP contribution in [0.3, 0.4) is 0 Å². The van der Waals surface area contributed by atoms with E-state index in [9.17, 15) is 4.79 Å². The number of anilines is 1. The number of hydrogen-bond donors (Lipinski definition) is 1. The summed E-state index contributed by atoms with van der Waals surface area (Å²) in [6.07, 6.45) is 4.22. The predicted octanol–water partition coefficient (Wildman–Crippen LogP) is 1.41. The summed E-state index contributed by atoms with van der Waals surface area (Å²) in [5, 5.41) is 4.24. The summed E-state index contributed by atoms with van der Waals surface area (Å²) < 4.78 is 1.53. The van der Waals surface area contributed by atoms with Crippen LogP contribution in [0.15, 0.2) is 17.1 Å². The van der Waals surface area contributed by atoms with Gasteiger partial charge in [-0.2, -0.15) is 17.7 Å². The van der Waals surface area contributed by atoms with Crippen LogP contribution in [0.4, 0.5) is 5.69 Å². The average Bonchev–Trinajstić information content (AvgIpc) is 2.85. The van der Waals surface area contributed by atoms with E-state index >= 15 is 0 Å². The molecule has 2 heterocycles. The van der Waals surface area contributed by atoms with Crippen LogP contribution in [0.2, 0.25) is 0 Å². The smallest absolute Gasteiger partial charge is 0.268 e. The molecule has 1 aliphatic heterocycles. The number of thiol groups is 1. The van der Waals surface area contributed by atoms with Gasteiger partial charge in [0.1, 0.15) is 0 Å². The van der Waals surface area contributed by atoms with Crippen LogP contribution in [0.25, 0.3) is 0 Å². The number of rotatable bonds is 4. The van der Waals surface area contributed by atoms with Gasteiger partial charge in [-0.25, -0.2) is 4.68 Å². The number of nitrogens with zero attached hydrogens (tertiary/aromatic N) is 3. The van der Waals surface area contributed by atoms with Crippen LogP contribution in [-0.2, 0) is 6.54 Å². The predicted molar refractivity (Wildman–Crippen MR) is 73.0 cm³/mol. The van der Waals surface area contributed by atoms with Crippen molar-refractivity contribution in [2.75, 3.05) is 23.7 Å². The van der Waals surface area contributed by atoms with E-state index in [-0.39, 0.29) is 5.56 Å². The molecule has 1 atom stereocenters. The van der Waals surface area contributed by atoms with Gasteiger partial charge in [0.25, 0.3) is 5.56 Å². The van der Waals surface area contributed by atoms with Crippen molar-refractivity contribution in [1.82, 2.24) is 9.78 Å². The molecule has 2 rings (SSSR count). The second kappa shape index (κ2) is 5.58. The van der Waals surface area contributed by atoms with Crippen molar-refractivity contribution in [2.24, 2.45) is 5.92 Å². The van der Waals surface area contributed by atoms with E-state index in [0.29, 0.717) is 12.5 Å². The standard InChI is InChI=1S/C12H19N3OS/c1-10(9-17)8-15-12(16)6-11(7-13-15)14-4-2-3-5-14/h6-7,10,17H,2-5,8-9H2,1H3. The lowest BCUT2D eigenvalue weighted by atomic mass is 10.2. The molecule has 0 aromatic carbocycles. The van der Waals surface area contributed by atoms with Crippen LogP contribution in [-0.4, -0.2) is 28.6 Å². The fourth-order valence-corrected chi connectivity index (χ4v) is 2.18. The van der Waals surface area contributed by atoms with E-state index < -0.39 is 0 Å². The summed E-state index contributed by atoms with van der Waals surface area (Å²) >= 11 is 4.22. The Hall–Kier alpha value is -0.970. The zero-order chi connectivity index (χ0) is 12.3. The second-order valence-corrected chi connectivity index (χ2v) is 5.08. The molecular weight excluding hydrogens is 234 g/mol. The summed E-state index contributed by atoms with van der Waals surface area (Å²) in [4.78, 5) is 14.1. The average molecular weight is 253 g/mol. The highest BCUT2D eigenvalue weighted by Gasteiger charge is 2.14. The molecule has 0 aliphatic carbocycles. The molecule has 0 saturated carbocycles. The Morgan fingerprint density at radius 3 is 2.76 bits per heavy atom. The van der Waals surface area contributed by atoms with Crippen LogP contribution in [0.5, 0.6) is 0 Å². The monoisotopic (exact) mass is 253 g/mol. The molecule has 0 spiro atoms. The van der Waals surface area contributed by atoms with Gasteiger partial charge in [0.2, 0.25) is 0 Å². The molecule has 94 valence electrons. The zero-order valence-electron chi connectivity index (χ0n) is 10.2. The van der Waals surface area contributed by atoms with E-state index in [1.165, 1.54) is 17.5 Å². The quantitative estimate of drug-likeness (QED) is 0.825. The van der Waals surface area contributed by atoms with Crippen LogP contribution in [0.1, 0.15) is 19.8 Å². The molecule has 17 heavy (non-hydrogen) atoms. The minimum absolute atomic E-state index is 0.0111. The maximum absolute atomic E-state index is 11.9. The fourth-order valence-electron chi connectivity index (χ4n) is 2.06.